The van der Waals surface area contributed by atoms with E-state index in [4.69, 9.17) is 0 Å². The fraction of sp³-hybridized carbons (Fsp3) is 0.571. The Morgan fingerprint density at radius 1 is 1.13 bits per heavy atom. The Hall–Kier alpha value is -2.65. The maximum absolute atomic E-state index is 14.5. The molecule has 4 atom stereocenters. The minimum Gasteiger partial charge on any atom is -0.337 e. The lowest BCUT2D eigenvalue weighted by atomic mass is 10.0. The van der Waals surface area contributed by atoms with Crippen molar-refractivity contribution < 1.29 is 31.9 Å². The number of fused-ring (bicyclic) bond motifs is 1. The molecule has 10 heteroatoms. The largest absolute Gasteiger partial charge is 0.416 e. The van der Waals surface area contributed by atoms with Crippen LogP contribution in [-0.4, -0.2) is 70.4 Å². The second kappa shape index (κ2) is 8.47. The van der Waals surface area contributed by atoms with Crippen molar-refractivity contribution in [1.29, 1.82) is 0 Å². The first-order valence-corrected chi connectivity index (χ1v) is 10.2. The van der Waals surface area contributed by atoms with Crippen LogP contribution in [0.2, 0.25) is 0 Å². The van der Waals surface area contributed by atoms with Crippen LogP contribution in [0.4, 0.5) is 17.6 Å². The molecule has 3 amide bonds. The van der Waals surface area contributed by atoms with Gasteiger partial charge in [0.05, 0.1) is 18.7 Å². The van der Waals surface area contributed by atoms with Crippen LogP contribution in [0.15, 0.2) is 24.3 Å². The molecule has 3 rings (SSSR count). The topological polar surface area (TPSA) is 60.9 Å². The minimum atomic E-state index is -4.55. The molecule has 2 aliphatic heterocycles. The van der Waals surface area contributed by atoms with Crippen molar-refractivity contribution in [2.75, 3.05) is 19.6 Å². The Labute approximate surface area is 177 Å². The lowest BCUT2D eigenvalue weighted by Crippen LogP contribution is -2.73. The summed E-state index contributed by atoms with van der Waals surface area (Å²) in [5.41, 5.74) is -0.952. The monoisotopic (exact) mass is 443 g/mol. The number of rotatable bonds is 4. The van der Waals surface area contributed by atoms with E-state index in [2.05, 4.69) is 0 Å². The maximum Gasteiger partial charge on any atom is 0.416 e. The van der Waals surface area contributed by atoms with Gasteiger partial charge in [-0.1, -0.05) is 20.3 Å². The van der Waals surface area contributed by atoms with Crippen molar-refractivity contribution >= 4 is 17.7 Å². The molecular formula is C21H25F4N3O3. The Kier molecular flexibility index (Phi) is 6.29. The quantitative estimate of drug-likeness (QED) is 0.673. The highest BCUT2D eigenvalue weighted by atomic mass is 19.4. The lowest BCUT2D eigenvalue weighted by molar-refractivity contribution is -0.171. The fourth-order valence-electron chi connectivity index (χ4n) is 3.99. The van der Waals surface area contributed by atoms with E-state index < -0.39 is 48.5 Å². The van der Waals surface area contributed by atoms with E-state index >= 15 is 0 Å². The Balaban J connectivity index is 1.91. The summed E-state index contributed by atoms with van der Waals surface area (Å²) >= 11 is 0. The van der Waals surface area contributed by atoms with Crippen molar-refractivity contribution in [2.24, 2.45) is 5.92 Å². The summed E-state index contributed by atoms with van der Waals surface area (Å²) in [5, 5.41) is 0. The van der Waals surface area contributed by atoms with Gasteiger partial charge in [-0.25, -0.2) is 4.39 Å². The normalized spacial score (nSPS) is 25.5. The van der Waals surface area contributed by atoms with Gasteiger partial charge in [-0.3, -0.25) is 14.4 Å². The van der Waals surface area contributed by atoms with Gasteiger partial charge in [-0.2, -0.15) is 13.2 Å². The van der Waals surface area contributed by atoms with Gasteiger partial charge in [0.15, 0.2) is 6.17 Å². The van der Waals surface area contributed by atoms with E-state index in [-0.39, 0.29) is 23.9 Å². The number of carbonyl (C=O) groups excluding carboxylic acids is 3. The molecule has 0 aromatic heterocycles. The second-order valence-corrected chi connectivity index (χ2v) is 8.16. The first-order valence-electron chi connectivity index (χ1n) is 10.2. The van der Waals surface area contributed by atoms with Crippen molar-refractivity contribution in [3.05, 3.63) is 35.4 Å². The molecule has 4 unspecified atom stereocenters. The Bertz CT molecular complexity index is 858. The predicted octanol–water partition coefficient (Wildman–Crippen LogP) is 2.93. The van der Waals surface area contributed by atoms with Gasteiger partial charge in [0.25, 0.3) is 11.8 Å². The van der Waals surface area contributed by atoms with Gasteiger partial charge in [0.2, 0.25) is 5.91 Å². The predicted molar refractivity (Wildman–Crippen MR) is 104 cm³/mol. The van der Waals surface area contributed by atoms with E-state index in [1.807, 2.05) is 13.8 Å². The first-order chi connectivity index (χ1) is 14.5. The van der Waals surface area contributed by atoms with Crippen molar-refractivity contribution in [1.82, 2.24) is 14.7 Å². The van der Waals surface area contributed by atoms with E-state index in [9.17, 15) is 31.9 Å². The fourth-order valence-corrected chi connectivity index (χ4v) is 3.99. The van der Waals surface area contributed by atoms with Crippen molar-refractivity contribution in [3.8, 4) is 0 Å². The number of piperazine rings is 1. The highest BCUT2D eigenvalue weighted by Crippen LogP contribution is 2.31. The third-order valence-corrected chi connectivity index (χ3v) is 5.98. The average molecular weight is 443 g/mol. The van der Waals surface area contributed by atoms with Gasteiger partial charge in [0.1, 0.15) is 12.2 Å². The summed E-state index contributed by atoms with van der Waals surface area (Å²) in [4.78, 5) is 42.1. The number of halogens is 4. The van der Waals surface area contributed by atoms with Crippen LogP contribution in [0.25, 0.3) is 0 Å². The molecule has 2 fully saturated rings. The van der Waals surface area contributed by atoms with E-state index in [1.54, 1.807) is 4.90 Å². The molecule has 0 spiro atoms. The Morgan fingerprint density at radius 3 is 2.29 bits per heavy atom. The molecule has 0 N–H and O–H groups in total. The third kappa shape index (κ3) is 4.38. The van der Waals surface area contributed by atoms with Crippen LogP contribution in [0.3, 0.4) is 0 Å². The first kappa shape index (κ1) is 23.0. The molecule has 0 aliphatic carbocycles. The summed E-state index contributed by atoms with van der Waals surface area (Å²) in [6.07, 6.45) is -6.61. The summed E-state index contributed by atoms with van der Waals surface area (Å²) in [6, 6.07) is 2.70. The number of carbonyl (C=O) groups is 3. The smallest absolute Gasteiger partial charge is 0.337 e. The molecule has 1 aromatic rings. The van der Waals surface area contributed by atoms with Crippen LogP contribution in [-0.2, 0) is 15.8 Å². The number of amides is 3. The number of hydrogen-bond donors (Lipinski definition) is 0. The summed E-state index contributed by atoms with van der Waals surface area (Å²) in [5.74, 6) is -1.68. The third-order valence-electron chi connectivity index (χ3n) is 5.98. The Morgan fingerprint density at radius 2 is 1.74 bits per heavy atom. The zero-order valence-corrected chi connectivity index (χ0v) is 17.5. The van der Waals surface area contributed by atoms with Crippen LogP contribution in [0, 0.1) is 5.92 Å². The van der Waals surface area contributed by atoms with Crippen LogP contribution < -0.4 is 0 Å². The number of nitrogens with zero attached hydrogens (tertiary/aromatic N) is 3. The molecule has 6 nitrogen and oxygen atoms in total. The number of alkyl halides is 4. The molecule has 0 bridgehead atoms. The van der Waals surface area contributed by atoms with E-state index in [0.29, 0.717) is 6.54 Å². The second-order valence-electron chi connectivity index (χ2n) is 8.16. The van der Waals surface area contributed by atoms with Crippen LogP contribution in [0.5, 0.6) is 0 Å². The zero-order valence-electron chi connectivity index (χ0n) is 17.5. The molecule has 2 saturated heterocycles. The van der Waals surface area contributed by atoms with E-state index in [1.165, 1.54) is 6.92 Å². The van der Waals surface area contributed by atoms with Crippen LogP contribution in [0.1, 0.15) is 43.1 Å². The number of hydrogen-bond acceptors (Lipinski definition) is 3. The molecule has 0 saturated carbocycles. The maximum atomic E-state index is 14.5. The standard InChI is InChI=1S/C21H25F4N3O3/c1-4-12(2)9-26-11-17-27(10-16(22)20(31)28(17)13(3)18(26)29)19(30)14-5-7-15(8-6-14)21(23,24)25/h5-8,12-13,16-17H,4,9-11H2,1-3H3. The average Bonchev–Trinajstić information content (AvgIpc) is 2.72. The summed E-state index contributed by atoms with van der Waals surface area (Å²) in [6.45, 7) is 5.39. The van der Waals surface area contributed by atoms with Gasteiger partial charge in [-0.15, -0.1) is 0 Å². The minimum absolute atomic E-state index is 0.0261. The van der Waals surface area contributed by atoms with Gasteiger partial charge >= 0.3 is 6.18 Å². The number of benzene rings is 1. The molecule has 170 valence electrons. The van der Waals surface area contributed by atoms with Gasteiger partial charge < -0.3 is 14.7 Å². The molecule has 1 aromatic carbocycles. The molecular weight excluding hydrogens is 418 g/mol. The van der Waals surface area contributed by atoms with Crippen molar-refractivity contribution in [3.63, 3.8) is 0 Å². The van der Waals surface area contributed by atoms with Gasteiger partial charge in [0, 0.05) is 12.1 Å². The lowest BCUT2D eigenvalue weighted by Gasteiger charge is -2.52. The molecule has 2 aliphatic rings. The summed E-state index contributed by atoms with van der Waals surface area (Å²) < 4.78 is 53.0. The SMILES string of the molecule is CCC(C)CN1CC2N(C(=O)c3ccc(C(F)(F)F)cc3)CC(F)C(=O)N2C(C)C1=O. The van der Waals surface area contributed by atoms with Crippen LogP contribution >= 0.6 is 0 Å². The zero-order chi connectivity index (χ0) is 23.1. The summed E-state index contributed by atoms with van der Waals surface area (Å²) in [7, 11) is 0. The molecule has 31 heavy (non-hydrogen) atoms. The van der Waals surface area contributed by atoms with E-state index in [0.717, 1.165) is 40.5 Å². The highest BCUT2D eigenvalue weighted by molar-refractivity contribution is 5.97. The molecule has 0 radical (unpaired) electrons. The molecule has 2 heterocycles. The van der Waals surface area contributed by atoms with Gasteiger partial charge in [-0.05, 0) is 37.1 Å². The van der Waals surface area contributed by atoms with Crippen molar-refractivity contribution in [2.45, 2.75) is 51.7 Å². The highest BCUT2D eigenvalue weighted by Gasteiger charge is 2.50.